The zero-order chi connectivity index (χ0) is 6.57. The first-order valence-electron chi connectivity index (χ1n) is 2.01. The number of carbonyl (C=O) groups is 2. The minimum absolute atomic E-state index is 0.587. The summed E-state index contributed by atoms with van der Waals surface area (Å²) >= 11 is 0. The van der Waals surface area contributed by atoms with Crippen LogP contribution in [0.25, 0.3) is 0 Å². The molecule has 0 fully saturated rings. The molecular weight excluding hydrogens is 112 g/mol. The van der Waals surface area contributed by atoms with Gasteiger partial charge in [0.2, 0.25) is 0 Å². The highest BCUT2D eigenvalue weighted by molar-refractivity contribution is 5.95. The number of Topliss-reactive ketones (excluding diaryl/α,β-unsaturated/α-hetero) is 1. The number of aliphatic hydroxyl groups excluding tert-OH is 1. The van der Waals surface area contributed by atoms with E-state index in [0.717, 1.165) is 0 Å². The summed E-state index contributed by atoms with van der Waals surface area (Å²) in [7, 11) is 0. The molecule has 2 N–H and O–H groups in total. The number of carboxylic acids is 1. The molecule has 0 aromatic rings. The maximum atomic E-state index is 9.99. The Bertz CT molecular complexity index is 107. The summed E-state index contributed by atoms with van der Waals surface area (Å²) in [5, 5.41) is 15.9. The molecular formula is C4H6O4. The summed E-state index contributed by atoms with van der Waals surface area (Å²) in [5.41, 5.74) is 0. The van der Waals surface area contributed by atoms with Gasteiger partial charge in [-0.25, -0.2) is 0 Å². The minimum Gasteiger partial charge on any atom is -0.481 e. The Hall–Kier alpha value is -0.900. The van der Waals surface area contributed by atoms with Crippen LogP contribution in [0.4, 0.5) is 0 Å². The van der Waals surface area contributed by atoms with E-state index in [1.165, 1.54) is 0 Å². The van der Waals surface area contributed by atoms with Crippen molar-refractivity contribution in [2.75, 3.05) is 6.61 Å². The SMILES string of the molecule is O=C(O)CC(=O)CO. The standard InChI is InChI=1S/C4H6O4/c5-2-3(6)1-4(7)8/h5H,1-2H2,(H,7,8). The predicted octanol–water partition coefficient (Wildman–Crippen LogP) is -0.978. The normalized spacial score (nSPS) is 8.62. The summed E-state index contributed by atoms with van der Waals surface area (Å²) in [6.45, 7) is -0.688. The molecule has 0 atom stereocenters. The summed E-state index contributed by atoms with van der Waals surface area (Å²) in [6.07, 6.45) is -0.587. The number of rotatable bonds is 3. The van der Waals surface area contributed by atoms with Gasteiger partial charge in [0, 0.05) is 0 Å². The smallest absolute Gasteiger partial charge is 0.310 e. The Kier molecular flexibility index (Phi) is 2.79. The zero-order valence-corrected chi connectivity index (χ0v) is 4.13. The Balaban J connectivity index is 3.40. The van der Waals surface area contributed by atoms with Gasteiger partial charge in [-0.3, -0.25) is 9.59 Å². The number of hydrogen-bond acceptors (Lipinski definition) is 3. The summed E-state index contributed by atoms with van der Waals surface area (Å²) in [5.74, 6) is -1.87. The first-order chi connectivity index (χ1) is 3.66. The van der Waals surface area contributed by atoms with E-state index in [2.05, 4.69) is 0 Å². The number of ketones is 1. The van der Waals surface area contributed by atoms with Crippen molar-refractivity contribution in [2.45, 2.75) is 6.42 Å². The van der Waals surface area contributed by atoms with Crippen molar-refractivity contribution in [3.05, 3.63) is 0 Å². The van der Waals surface area contributed by atoms with Crippen LogP contribution in [0.1, 0.15) is 6.42 Å². The molecule has 0 saturated carbocycles. The van der Waals surface area contributed by atoms with Gasteiger partial charge in [-0.2, -0.15) is 0 Å². The molecule has 4 heteroatoms. The van der Waals surface area contributed by atoms with E-state index >= 15 is 0 Å². The van der Waals surface area contributed by atoms with Crippen molar-refractivity contribution in [2.24, 2.45) is 0 Å². The monoisotopic (exact) mass is 118 g/mol. The van der Waals surface area contributed by atoms with Gasteiger partial charge in [0.15, 0.2) is 5.78 Å². The molecule has 4 nitrogen and oxygen atoms in total. The van der Waals surface area contributed by atoms with Crippen LogP contribution in [0.3, 0.4) is 0 Å². The molecule has 0 rings (SSSR count). The van der Waals surface area contributed by atoms with Crippen molar-refractivity contribution in [3.63, 3.8) is 0 Å². The maximum absolute atomic E-state index is 9.99. The largest absolute Gasteiger partial charge is 0.481 e. The van der Waals surface area contributed by atoms with Crippen molar-refractivity contribution in [1.82, 2.24) is 0 Å². The molecule has 46 valence electrons. The molecule has 0 saturated heterocycles. The Labute approximate surface area is 45.7 Å². The van der Waals surface area contributed by atoms with Gasteiger partial charge in [-0.1, -0.05) is 0 Å². The molecule has 0 amide bonds. The number of carbonyl (C=O) groups excluding carboxylic acids is 1. The van der Waals surface area contributed by atoms with Gasteiger partial charge in [0.25, 0.3) is 0 Å². The first kappa shape index (κ1) is 7.10. The highest BCUT2D eigenvalue weighted by Crippen LogP contribution is 1.79. The zero-order valence-electron chi connectivity index (χ0n) is 4.13. The van der Waals surface area contributed by atoms with Crippen LogP contribution in [0.2, 0.25) is 0 Å². The van der Waals surface area contributed by atoms with Gasteiger partial charge >= 0.3 is 5.97 Å². The second-order valence-electron chi connectivity index (χ2n) is 1.27. The Morgan fingerprint density at radius 2 is 1.88 bits per heavy atom. The van der Waals surface area contributed by atoms with Crippen LogP contribution in [0.15, 0.2) is 0 Å². The fraction of sp³-hybridized carbons (Fsp3) is 0.500. The first-order valence-corrected chi connectivity index (χ1v) is 2.01. The Morgan fingerprint density at radius 1 is 1.38 bits per heavy atom. The van der Waals surface area contributed by atoms with E-state index in [4.69, 9.17) is 10.2 Å². The van der Waals surface area contributed by atoms with E-state index in [1.807, 2.05) is 0 Å². The van der Waals surface area contributed by atoms with E-state index in [0.29, 0.717) is 0 Å². The molecule has 0 aromatic carbocycles. The molecule has 0 aliphatic heterocycles. The highest BCUT2D eigenvalue weighted by atomic mass is 16.4. The van der Waals surface area contributed by atoms with Crippen LogP contribution < -0.4 is 0 Å². The predicted molar refractivity (Wildman–Crippen MR) is 24.3 cm³/mol. The lowest BCUT2D eigenvalue weighted by atomic mass is 10.3. The molecule has 0 radical (unpaired) electrons. The van der Waals surface area contributed by atoms with Crippen LogP contribution in [0.5, 0.6) is 0 Å². The number of aliphatic carboxylic acids is 1. The summed E-state index contributed by atoms with van der Waals surface area (Å²) in [6, 6.07) is 0. The van der Waals surface area contributed by atoms with Gasteiger partial charge in [-0.05, 0) is 0 Å². The molecule has 0 aromatic heterocycles. The van der Waals surface area contributed by atoms with E-state index in [1.54, 1.807) is 0 Å². The lowest BCUT2D eigenvalue weighted by molar-refractivity contribution is -0.140. The third-order valence-corrected chi connectivity index (χ3v) is 0.525. The second-order valence-corrected chi connectivity index (χ2v) is 1.27. The van der Waals surface area contributed by atoms with E-state index in [-0.39, 0.29) is 0 Å². The highest BCUT2D eigenvalue weighted by Gasteiger charge is 2.03. The van der Waals surface area contributed by atoms with Crippen molar-refractivity contribution >= 4 is 11.8 Å². The average Bonchev–Trinajstić information content (AvgIpc) is 1.65. The fourth-order valence-electron chi connectivity index (χ4n) is 0.225. The van der Waals surface area contributed by atoms with Gasteiger partial charge < -0.3 is 10.2 Å². The third kappa shape index (κ3) is 3.30. The summed E-state index contributed by atoms with van der Waals surface area (Å²) < 4.78 is 0. The van der Waals surface area contributed by atoms with Gasteiger partial charge in [0.1, 0.15) is 13.0 Å². The third-order valence-electron chi connectivity index (χ3n) is 0.525. The fourth-order valence-corrected chi connectivity index (χ4v) is 0.225. The van der Waals surface area contributed by atoms with Crippen LogP contribution >= 0.6 is 0 Å². The summed E-state index contributed by atoms with van der Waals surface area (Å²) in [4.78, 5) is 19.6. The molecule has 0 spiro atoms. The Morgan fingerprint density at radius 3 is 2.00 bits per heavy atom. The average molecular weight is 118 g/mol. The molecule has 8 heavy (non-hydrogen) atoms. The van der Waals surface area contributed by atoms with Gasteiger partial charge in [-0.15, -0.1) is 0 Å². The lowest BCUT2D eigenvalue weighted by Gasteiger charge is -1.86. The second kappa shape index (κ2) is 3.15. The van der Waals surface area contributed by atoms with Crippen LogP contribution in [-0.4, -0.2) is 28.6 Å². The maximum Gasteiger partial charge on any atom is 0.310 e. The number of aliphatic hydroxyl groups is 1. The number of carboxylic acid groups (broad SMARTS) is 1. The van der Waals surface area contributed by atoms with Crippen molar-refractivity contribution < 1.29 is 19.8 Å². The van der Waals surface area contributed by atoms with Crippen LogP contribution in [-0.2, 0) is 9.59 Å². The molecule has 0 bridgehead atoms. The van der Waals surface area contributed by atoms with Crippen molar-refractivity contribution in [3.8, 4) is 0 Å². The molecule has 0 unspecified atom stereocenters. The molecule has 0 aliphatic rings. The number of hydrogen-bond donors (Lipinski definition) is 2. The molecule has 0 heterocycles. The minimum atomic E-state index is -1.20. The lowest BCUT2D eigenvalue weighted by Crippen LogP contribution is -2.09. The van der Waals surface area contributed by atoms with E-state index in [9.17, 15) is 9.59 Å². The van der Waals surface area contributed by atoms with Crippen LogP contribution in [0, 0.1) is 0 Å². The molecule has 0 aliphatic carbocycles. The van der Waals surface area contributed by atoms with Crippen molar-refractivity contribution in [1.29, 1.82) is 0 Å². The quantitative estimate of drug-likeness (QED) is 0.467. The van der Waals surface area contributed by atoms with E-state index < -0.39 is 24.8 Å². The topological polar surface area (TPSA) is 74.6 Å². The van der Waals surface area contributed by atoms with Gasteiger partial charge in [0.05, 0.1) is 0 Å².